The molecule has 11 heavy (non-hydrogen) atoms. The molecule has 0 aromatic carbocycles. The summed E-state index contributed by atoms with van der Waals surface area (Å²) in [7, 11) is 0. The van der Waals surface area contributed by atoms with Gasteiger partial charge in [0.2, 0.25) is 0 Å². The third-order valence-corrected chi connectivity index (χ3v) is 2.63. The first-order chi connectivity index (χ1) is 5.04. The van der Waals surface area contributed by atoms with Gasteiger partial charge in [0.25, 0.3) is 0 Å². The fourth-order valence-corrected chi connectivity index (χ4v) is 0.677. The zero-order chi connectivity index (χ0) is 8.91. The van der Waals surface area contributed by atoms with Crippen LogP contribution in [0.5, 0.6) is 0 Å². The standard InChI is InChI=1S/C8H16O2S/c1-5-6-10-7(9)8(2,3)11-4/h5-6H2,1-4H3. The molecule has 0 aromatic rings. The molecule has 0 radical (unpaired) electrons. The number of hydrogen-bond donors (Lipinski definition) is 0. The van der Waals surface area contributed by atoms with E-state index in [2.05, 4.69) is 0 Å². The molecule has 0 saturated heterocycles. The van der Waals surface area contributed by atoms with Gasteiger partial charge in [0.15, 0.2) is 0 Å². The summed E-state index contributed by atoms with van der Waals surface area (Å²) in [6.07, 6.45) is 2.80. The third-order valence-electron chi connectivity index (χ3n) is 1.44. The van der Waals surface area contributed by atoms with E-state index in [0.29, 0.717) is 6.61 Å². The Balaban J connectivity index is 3.82. The van der Waals surface area contributed by atoms with Gasteiger partial charge >= 0.3 is 5.97 Å². The summed E-state index contributed by atoms with van der Waals surface area (Å²) in [5.74, 6) is -0.119. The van der Waals surface area contributed by atoms with Crippen molar-refractivity contribution >= 4 is 17.7 Å². The van der Waals surface area contributed by atoms with Crippen LogP contribution in [0.4, 0.5) is 0 Å². The number of carbonyl (C=O) groups excluding carboxylic acids is 1. The Morgan fingerprint density at radius 2 is 2.09 bits per heavy atom. The van der Waals surface area contributed by atoms with Gasteiger partial charge in [0.05, 0.1) is 6.61 Å². The summed E-state index contributed by atoms with van der Waals surface area (Å²) in [6.45, 7) is 6.26. The van der Waals surface area contributed by atoms with Crippen molar-refractivity contribution in [1.29, 1.82) is 0 Å². The molecule has 0 aromatic heterocycles. The lowest BCUT2D eigenvalue weighted by Gasteiger charge is -2.19. The molecule has 0 saturated carbocycles. The lowest BCUT2D eigenvalue weighted by atomic mass is 10.2. The average Bonchev–Trinajstić information content (AvgIpc) is 2.00. The summed E-state index contributed by atoms with van der Waals surface area (Å²) in [5, 5.41) is 0. The summed E-state index contributed by atoms with van der Waals surface area (Å²) in [4.78, 5) is 11.2. The summed E-state index contributed by atoms with van der Waals surface area (Å²) < 4.78 is 4.59. The van der Waals surface area contributed by atoms with Crippen LogP contribution < -0.4 is 0 Å². The molecule has 0 bridgehead atoms. The summed E-state index contributed by atoms with van der Waals surface area (Å²) >= 11 is 1.51. The Morgan fingerprint density at radius 1 is 1.55 bits per heavy atom. The van der Waals surface area contributed by atoms with E-state index in [0.717, 1.165) is 6.42 Å². The Kier molecular flexibility index (Phi) is 4.57. The van der Waals surface area contributed by atoms with Gasteiger partial charge in [-0.2, -0.15) is 0 Å². The molecule has 0 heterocycles. The Bertz CT molecular complexity index is 132. The summed E-state index contributed by atoms with van der Waals surface area (Å²) in [6, 6.07) is 0. The smallest absolute Gasteiger partial charge is 0.321 e. The minimum atomic E-state index is -0.394. The van der Waals surface area contributed by atoms with Crippen LogP contribution in [-0.2, 0) is 9.53 Å². The van der Waals surface area contributed by atoms with E-state index in [4.69, 9.17) is 4.74 Å². The van der Waals surface area contributed by atoms with Gasteiger partial charge in [0, 0.05) is 0 Å². The highest BCUT2D eigenvalue weighted by molar-refractivity contribution is 8.00. The van der Waals surface area contributed by atoms with Crippen LogP contribution in [-0.4, -0.2) is 23.6 Å². The minimum Gasteiger partial charge on any atom is -0.465 e. The molecular weight excluding hydrogens is 160 g/mol. The highest BCUT2D eigenvalue weighted by Gasteiger charge is 2.27. The van der Waals surface area contributed by atoms with Gasteiger partial charge in [-0.1, -0.05) is 6.92 Å². The van der Waals surface area contributed by atoms with Crippen LogP contribution in [0, 0.1) is 0 Å². The fraction of sp³-hybridized carbons (Fsp3) is 0.875. The van der Waals surface area contributed by atoms with E-state index < -0.39 is 4.75 Å². The maximum atomic E-state index is 11.2. The van der Waals surface area contributed by atoms with Crippen LogP contribution >= 0.6 is 11.8 Å². The molecular formula is C8H16O2S. The monoisotopic (exact) mass is 176 g/mol. The Morgan fingerprint density at radius 3 is 2.45 bits per heavy atom. The zero-order valence-corrected chi connectivity index (χ0v) is 8.46. The number of hydrogen-bond acceptors (Lipinski definition) is 3. The lowest BCUT2D eigenvalue weighted by molar-refractivity contribution is -0.145. The van der Waals surface area contributed by atoms with Gasteiger partial charge in [-0.05, 0) is 26.5 Å². The van der Waals surface area contributed by atoms with Crippen molar-refractivity contribution in [1.82, 2.24) is 0 Å². The van der Waals surface area contributed by atoms with E-state index in [1.807, 2.05) is 27.0 Å². The maximum Gasteiger partial charge on any atom is 0.321 e. The number of ether oxygens (including phenoxy) is 1. The normalized spacial score (nSPS) is 11.3. The molecule has 0 atom stereocenters. The van der Waals surface area contributed by atoms with E-state index in [-0.39, 0.29) is 5.97 Å². The van der Waals surface area contributed by atoms with Crippen molar-refractivity contribution in [3.8, 4) is 0 Å². The van der Waals surface area contributed by atoms with Crippen molar-refractivity contribution in [3.05, 3.63) is 0 Å². The van der Waals surface area contributed by atoms with Crippen LogP contribution in [0.15, 0.2) is 0 Å². The summed E-state index contributed by atoms with van der Waals surface area (Å²) in [5.41, 5.74) is 0. The molecule has 0 aliphatic carbocycles. The van der Waals surface area contributed by atoms with Crippen molar-refractivity contribution in [2.24, 2.45) is 0 Å². The van der Waals surface area contributed by atoms with Gasteiger partial charge in [-0.15, -0.1) is 11.8 Å². The van der Waals surface area contributed by atoms with E-state index >= 15 is 0 Å². The van der Waals surface area contributed by atoms with Gasteiger partial charge in [0.1, 0.15) is 4.75 Å². The average molecular weight is 176 g/mol. The predicted octanol–water partition coefficient (Wildman–Crippen LogP) is 2.08. The first kappa shape index (κ1) is 10.8. The second-order valence-electron chi connectivity index (χ2n) is 2.85. The number of thioether (sulfide) groups is 1. The van der Waals surface area contributed by atoms with Crippen LogP contribution in [0.2, 0.25) is 0 Å². The Labute approximate surface area is 72.7 Å². The second kappa shape index (κ2) is 4.65. The minimum absolute atomic E-state index is 0.119. The lowest BCUT2D eigenvalue weighted by Crippen LogP contribution is -2.29. The van der Waals surface area contributed by atoms with Crippen molar-refractivity contribution in [2.45, 2.75) is 31.9 Å². The van der Waals surface area contributed by atoms with Gasteiger partial charge in [-0.3, -0.25) is 4.79 Å². The molecule has 3 heteroatoms. The number of esters is 1. The fourth-order valence-electron chi connectivity index (χ4n) is 0.452. The number of rotatable bonds is 4. The molecule has 0 unspecified atom stereocenters. The molecule has 0 N–H and O–H groups in total. The predicted molar refractivity (Wildman–Crippen MR) is 48.8 cm³/mol. The van der Waals surface area contributed by atoms with Crippen molar-refractivity contribution in [2.75, 3.05) is 12.9 Å². The SMILES string of the molecule is CCCOC(=O)C(C)(C)SC. The Hall–Kier alpha value is -0.180. The molecule has 0 fully saturated rings. The molecule has 0 aliphatic rings. The molecule has 66 valence electrons. The van der Waals surface area contributed by atoms with Crippen LogP contribution in [0.1, 0.15) is 27.2 Å². The molecule has 0 spiro atoms. The zero-order valence-electron chi connectivity index (χ0n) is 7.64. The highest BCUT2D eigenvalue weighted by Crippen LogP contribution is 2.22. The van der Waals surface area contributed by atoms with E-state index in [1.54, 1.807) is 0 Å². The molecule has 0 aliphatic heterocycles. The van der Waals surface area contributed by atoms with E-state index in [9.17, 15) is 4.79 Å². The first-order valence-corrected chi connectivity index (χ1v) is 4.99. The van der Waals surface area contributed by atoms with Crippen LogP contribution in [0.25, 0.3) is 0 Å². The topological polar surface area (TPSA) is 26.3 Å². The molecule has 0 amide bonds. The maximum absolute atomic E-state index is 11.2. The third kappa shape index (κ3) is 3.65. The first-order valence-electron chi connectivity index (χ1n) is 3.77. The number of carbonyl (C=O) groups is 1. The van der Waals surface area contributed by atoms with E-state index in [1.165, 1.54) is 11.8 Å². The van der Waals surface area contributed by atoms with Crippen molar-refractivity contribution in [3.63, 3.8) is 0 Å². The van der Waals surface area contributed by atoms with Crippen molar-refractivity contribution < 1.29 is 9.53 Å². The van der Waals surface area contributed by atoms with Gasteiger partial charge < -0.3 is 4.74 Å². The quantitative estimate of drug-likeness (QED) is 0.613. The van der Waals surface area contributed by atoms with Crippen LogP contribution in [0.3, 0.4) is 0 Å². The second-order valence-corrected chi connectivity index (χ2v) is 4.28. The molecule has 2 nitrogen and oxygen atoms in total. The van der Waals surface area contributed by atoms with Gasteiger partial charge in [-0.25, -0.2) is 0 Å². The largest absolute Gasteiger partial charge is 0.465 e. The molecule has 0 rings (SSSR count). The highest BCUT2D eigenvalue weighted by atomic mass is 32.2.